The molecular weight excluding hydrogens is 280 g/mol. The molecule has 2 unspecified atom stereocenters. The first kappa shape index (κ1) is 15.2. The average Bonchev–Trinajstić information content (AvgIpc) is 3.17. The minimum Gasteiger partial charge on any atom is -0.394 e. The van der Waals surface area contributed by atoms with Crippen LogP contribution < -0.4 is 0 Å². The van der Waals surface area contributed by atoms with Gasteiger partial charge in [0.15, 0.2) is 5.79 Å². The standard InChI is InChI=1S/C17H22N2O3/c1-14-2-4-15(5-3-14)6-7-17(12-19-9-8-18-13-19)21-11-16(10-20)22-17/h2-5,8-9,13,16,20H,6-7,10-12H2,1H3. The Morgan fingerprint density at radius 1 is 1.36 bits per heavy atom. The Morgan fingerprint density at radius 2 is 2.18 bits per heavy atom. The fourth-order valence-corrected chi connectivity index (χ4v) is 2.75. The second-order valence-corrected chi connectivity index (χ2v) is 5.86. The normalized spacial score (nSPS) is 24.7. The lowest BCUT2D eigenvalue weighted by atomic mass is 10.0. The van der Waals surface area contributed by atoms with E-state index in [2.05, 4.69) is 36.2 Å². The maximum atomic E-state index is 9.32. The summed E-state index contributed by atoms with van der Waals surface area (Å²) in [4.78, 5) is 4.06. The molecule has 1 fully saturated rings. The van der Waals surface area contributed by atoms with E-state index in [9.17, 15) is 5.11 Å². The molecule has 5 nitrogen and oxygen atoms in total. The van der Waals surface area contributed by atoms with Gasteiger partial charge in [0.2, 0.25) is 0 Å². The Morgan fingerprint density at radius 3 is 2.82 bits per heavy atom. The van der Waals surface area contributed by atoms with Gasteiger partial charge in [0, 0.05) is 18.8 Å². The minimum atomic E-state index is -0.695. The molecule has 22 heavy (non-hydrogen) atoms. The molecule has 2 atom stereocenters. The van der Waals surface area contributed by atoms with Crippen molar-refractivity contribution in [3.8, 4) is 0 Å². The van der Waals surface area contributed by atoms with Crippen LogP contribution in [0.15, 0.2) is 43.0 Å². The van der Waals surface area contributed by atoms with E-state index in [4.69, 9.17) is 9.47 Å². The van der Waals surface area contributed by atoms with Crippen LogP contribution in [-0.4, -0.2) is 39.8 Å². The molecule has 0 amide bonds. The Balaban J connectivity index is 1.70. The number of aliphatic hydroxyl groups excluding tert-OH is 1. The molecule has 0 saturated carbocycles. The number of nitrogens with zero attached hydrogens (tertiary/aromatic N) is 2. The summed E-state index contributed by atoms with van der Waals surface area (Å²) in [6, 6.07) is 8.51. The van der Waals surface area contributed by atoms with Crippen LogP contribution in [0.1, 0.15) is 17.5 Å². The third-order valence-corrected chi connectivity index (χ3v) is 4.02. The largest absolute Gasteiger partial charge is 0.394 e. The van der Waals surface area contributed by atoms with Crippen LogP contribution >= 0.6 is 0 Å². The van der Waals surface area contributed by atoms with Crippen LogP contribution in [0.3, 0.4) is 0 Å². The van der Waals surface area contributed by atoms with E-state index in [1.165, 1.54) is 11.1 Å². The van der Waals surface area contributed by atoms with E-state index in [1.807, 2.05) is 10.8 Å². The summed E-state index contributed by atoms with van der Waals surface area (Å²) >= 11 is 0. The molecule has 1 aliphatic heterocycles. The van der Waals surface area contributed by atoms with E-state index in [-0.39, 0.29) is 12.7 Å². The molecule has 118 valence electrons. The molecule has 0 radical (unpaired) electrons. The number of ether oxygens (including phenoxy) is 2. The van der Waals surface area contributed by atoms with E-state index >= 15 is 0 Å². The highest BCUT2D eigenvalue weighted by atomic mass is 16.7. The minimum absolute atomic E-state index is 0.0176. The summed E-state index contributed by atoms with van der Waals surface area (Å²) in [5, 5.41) is 9.32. The number of hydrogen-bond acceptors (Lipinski definition) is 4. The van der Waals surface area contributed by atoms with Crippen molar-refractivity contribution in [2.75, 3.05) is 13.2 Å². The van der Waals surface area contributed by atoms with E-state index in [1.54, 1.807) is 12.5 Å². The van der Waals surface area contributed by atoms with Crippen molar-refractivity contribution >= 4 is 0 Å². The number of aromatic nitrogens is 2. The summed E-state index contributed by atoms with van der Waals surface area (Å²) in [7, 11) is 0. The van der Waals surface area contributed by atoms with Crippen molar-refractivity contribution in [2.45, 2.75) is 38.2 Å². The number of rotatable bonds is 6. The number of imidazole rings is 1. The third-order valence-electron chi connectivity index (χ3n) is 4.02. The van der Waals surface area contributed by atoms with Gasteiger partial charge in [-0.2, -0.15) is 0 Å². The summed E-state index contributed by atoms with van der Waals surface area (Å²) in [5.41, 5.74) is 2.51. The molecule has 3 rings (SSSR count). The molecule has 5 heteroatoms. The van der Waals surface area contributed by atoms with Crippen molar-refractivity contribution in [3.05, 3.63) is 54.1 Å². The Hall–Kier alpha value is -1.69. The first-order valence-electron chi connectivity index (χ1n) is 7.63. The summed E-state index contributed by atoms with van der Waals surface area (Å²) < 4.78 is 13.9. The maximum Gasteiger partial charge on any atom is 0.187 e. The lowest BCUT2D eigenvalue weighted by molar-refractivity contribution is -0.185. The van der Waals surface area contributed by atoms with Crippen LogP contribution in [0.25, 0.3) is 0 Å². The third kappa shape index (κ3) is 3.55. The predicted molar refractivity (Wildman–Crippen MR) is 82.4 cm³/mol. The fourth-order valence-electron chi connectivity index (χ4n) is 2.75. The van der Waals surface area contributed by atoms with Crippen LogP contribution in [-0.2, 0) is 22.4 Å². The molecule has 2 aromatic rings. The van der Waals surface area contributed by atoms with Crippen molar-refractivity contribution in [1.29, 1.82) is 0 Å². The molecule has 1 aromatic carbocycles. The quantitative estimate of drug-likeness (QED) is 0.886. The van der Waals surface area contributed by atoms with Crippen molar-refractivity contribution < 1.29 is 14.6 Å². The molecule has 0 aliphatic carbocycles. The molecule has 1 N–H and O–H groups in total. The number of aryl methyl sites for hydroxylation is 2. The van der Waals surface area contributed by atoms with Gasteiger partial charge in [-0.25, -0.2) is 4.98 Å². The van der Waals surface area contributed by atoms with Crippen molar-refractivity contribution in [2.24, 2.45) is 0 Å². The predicted octanol–water partition coefficient (Wildman–Crippen LogP) is 1.93. The molecular formula is C17H22N2O3. The van der Waals surface area contributed by atoms with Gasteiger partial charge < -0.3 is 19.1 Å². The Labute approximate surface area is 130 Å². The topological polar surface area (TPSA) is 56.5 Å². The lowest BCUT2D eigenvalue weighted by Crippen LogP contribution is -2.37. The highest BCUT2D eigenvalue weighted by molar-refractivity contribution is 5.21. The number of aliphatic hydroxyl groups is 1. The van der Waals surface area contributed by atoms with Crippen molar-refractivity contribution in [3.63, 3.8) is 0 Å². The second-order valence-electron chi connectivity index (χ2n) is 5.86. The fraction of sp³-hybridized carbons (Fsp3) is 0.471. The van der Waals surface area contributed by atoms with Gasteiger partial charge in [0.1, 0.15) is 6.10 Å². The van der Waals surface area contributed by atoms with Crippen LogP contribution in [0.5, 0.6) is 0 Å². The van der Waals surface area contributed by atoms with E-state index < -0.39 is 5.79 Å². The van der Waals surface area contributed by atoms with Crippen LogP contribution in [0.2, 0.25) is 0 Å². The van der Waals surface area contributed by atoms with E-state index in [0.29, 0.717) is 13.2 Å². The summed E-state index contributed by atoms with van der Waals surface area (Å²) in [5.74, 6) is -0.695. The number of hydrogen-bond donors (Lipinski definition) is 1. The average molecular weight is 302 g/mol. The molecule has 2 heterocycles. The highest BCUT2D eigenvalue weighted by Crippen LogP contribution is 2.30. The lowest BCUT2D eigenvalue weighted by Gasteiger charge is -2.28. The van der Waals surface area contributed by atoms with Gasteiger partial charge >= 0.3 is 0 Å². The molecule has 1 aliphatic rings. The zero-order chi connectivity index (χ0) is 15.4. The molecule has 0 bridgehead atoms. The molecule has 1 saturated heterocycles. The summed E-state index contributed by atoms with van der Waals surface area (Å²) in [6.07, 6.45) is 6.75. The van der Waals surface area contributed by atoms with Crippen LogP contribution in [0, 0.1) is 6.92 Å². The highest BCUT2D eigenvalue weighted by Gasteiger charge is 2.41. The van der Waals surface area contributed by atoms with E-state index in [0.717, 1.165) is 12.8 Å². The van der Waals surface area contributed by atoms with Gasteiger partial charge in [-0.15, -0.1) is 0 Å². The molecule has 0 spiro atoms. The van der Waals surface area contributed by atoms with Gasteiger partial charge in [0.05, 0.1) is 26.1 Å². The second kappa shape index (κ2) is 6.60. The zero-order valence-electron chi connectivity index (χ0n) is 12.8. The monoisotopic (exact) mass is 302 g/mol. The van der Waals surface area contributed by atoms with Gasteiger partial charge in [-0.05, 0) is 18.9 Å². The maximum absolute atomic E-state index is 9.32. The Kier molecular flexibility index (Phi) is 4.57. The molecule has 1 aromatic heterocycles. The Bertz CT molecular complexity index is 582. The zero-order valence-corrected chi connectivity index (χ0v) is 12.8. The van der Waals surface area contributed by atoms with Gasteiger partial charge in [-0.3, -0.25) is 0 Å². The smallest absolute Gasteiger partial charge is 0.187 e. The SMILES string of the molecule is Cc1ccc(CCC2(Cn3ccnc3)OCC(CO)O2)cc1. The first-order chi connectivity index (χ1) is 10.7. The van der Waals surface area contributed by atoms with Gasteiger partial charge in [0.25, 0.3) is 0 Å². The first-order valence-corrected chi connectivity index (χ1v) is 7.63. The van der Waals surface area contributed by atoms with Gasteiger partial charge in [-0.1, -0.05) is 29.8 Å². The van der Waals surface area contributed by atoms with Crippen molar-refractivity contribution in [1.82, 2.24) is 9.55 Å². The summed E-state index contributed by atoms with van der Waals surface area (Å²) in [6.45, 7) is 3.07. The van der Waals surface area contributed by atoms with Crippen LogP contribution in [0.4, 0.5) is 0 Å². The number of benzene rings is 1.